The largest absolute Gasteiger partial charge is 0.497 e. The van der Waals surface area contributed by atoms with Gasteiger partial charge in [0.15, 0.2) is 0 Å². The lowest BCUT2D eigenvalue weighted by atomic mass is 10.1. The van der Waals surface area contributed by atoms with Gasteiger partial charge >= 0.3 is 0 Å². The number of nitrogens with zero attached hydrogens (tertiary/aromatic N) is 3. The Morgan fingerprint density at radius 2 is 1.65 bits per heavy atom. The molecule has 0 atom stereocenters. The molecular weight excluding hydrogens is 462 g/mol. The van der Waals surface area contributed by atoms with E-state index in [0.29, 0.717) is 11.5 Å². The van der Waals surface area contributed by atoms with E-state index in [1.807, 2.05) is 102 Å². The molecule has 2 heterocycles. The molecule has 1 aliphatic heterocycles. The van der Waals surface area contributed by atoms with Crippen molar-refractivity contribution in [3.63, 3.8) is 0 Å². The van der Waals surface area contributed by atoms with Gasteiger partial charge in [0.2, 0.25) is 0 Å². The third-order valence-corrected chi connectivity index (χ3v) is 6.97. The van der Waals surface area contributed by atoms with Crippen LogP contribution in [0.2, 0.25) is 0 Å². The lowest BCUT2D eigenvalue weighted by Gasteiger charge is -2.14. The Morgan fingerprint density at radius 1 is 0.971 bits per heavy atom. The summed E-state index contributed by atoms with van der Waals surface area (Å²) in [5, 5.41) is 4.79. The van der Waals surface area contributed by atoms with Crippen molar-refractivity contribution in [2.24, 2.45) is 0 Å². The van der Waals surface area contributed by atoms with E-state index in [0.717, 1.165) is 50.5 Å². The number of benzene rings is 3. The molecule has 5 nitrogen and oxygen atoms in total. The zero-order chi connectivity index (χ0) is 23.5. The fourth-order valence-electron chi connectivity index (χ4n) is 3.72. The van der Waals surface area contributed by atoms with Crippen molar-refractivity contribution in [1.29, 1.82) is 0 Å². The van der Waals surface area contributed by atoms with Crippen LogP contribution < -0.4 is 4.74 Å². The highest BCUT2D eigenvalue weighted by Crippen LogP contribution is 2.36. The molecular formula is C27H21N3O2S2. The first-order valence-corrected chi connectivity index (χ1v) is 11.9. The molecule has 4 aromatic rings. The van der Waals surface area contributed by atoms with Crippen LogP contribution in [-0.4, -0.2) is 32.0 Å². The van der Waals surface area contributed by atoms with Crippen molar-refractivity contribution in [2.75, 3.05) is 7.11 Å². The molecule has 0 unspecified atom stereocenters. The monoisotopic (exact) mass is 483 g/mol. The molecule has 0 saturated carbocycles. The van der Waals surface area contributed by atoms with E-state index >= 15 is 0 Å². The van der Waals surface area contributed by atoms with Gasteiger partial charge in [-0.2, -0.15) is 5.10 Å². The number of thioether (sulfide) groups is 1. The molecule has 168 valence electrons. The zero-order valence-corrected chi connectivity index (χ0v) is 20.1. The fourth-order valence-corrected chi connectivity index (χ4v) is 4.95. The molecule has 0 spiro atoms. The summed E-state index contributed by atoms with van der Waals surface area (Å²) in [6.07, 6.45) is 3.93. The number of hydrogen-bond donors (Lipinski definition) is 0. The van der Waals surface area contributed by atoms with Gasteiger partial charge in [-0.1, -0.05) is 60.7 Å². The molecule has 0 aliphatic carbocycles. The van der Waals surface area contributed by atoms with Crippen molar-refractivity contribution in [3.8, 4) is 22.7 Å². The van der Waals surface area contributed by atoms with Gasteiger partial charge < -0.3 is 4.74 Å². The zero-order valence-electron chi connectivity index (χ0n) is 18.4. The Labute approximate surface area is 207 Å². The van der Waals surface area contributed by atoms with E-state index < -0.39 is 0 Å². The molecule has 3 aromatic carbocycles. The van der Waals surface area contributed by atoms with Crippen molar-refractivity contribution in [3.05, 3.63) is 107 Å². The van der Waals surface area contributed by atoms with E-state index in [9.17, 15) is 4.79 Å². The van der Waals surface area contributed by atoms with Crippen LogP contribution in [0.15, 0.2) is 96.0 Å². The number of thiocarbonyl (C=S) groups is 1. The summed E-state index contributed by atoms with van der Waals surface area (Å²) >= 11 is 6.86. The molecule has 1 aliphatic rings. The minimum atomic E-state index is -0.0680. The van der Waals surface area contributed by atoms with Crippen molar-refractivity contribution in [1.82, 2.24) is 14.7 Å². The van der Waals surface area contributed by atoms with E-state index in [-0.39, 0.29) is 5.24 Å². The normalized spacial score (nSPS) is 14.7. The first kappa shape index (κ1) is 22.1. The second kappa shape index (κ2) is 9.67. The molecule has 0 bridgehead atoms. The second-order valence-electron chi connectivity index (χ2n) is 7.70. The third-order valence-electron chi connectivity index (χ3n) is 5.47. The Balaban J connectivity index is 1.52. The maximum absolute atomic E-state index is 12.8. The Hall–Kier alpha value is -3.68. The van der Waals surface area contributed by atoms with Gasteiger partial charge in [0.25, 0.3) is 5.24 Å². The molecule has 1 saturated heterocycles. The number of aromatic nitrogens is 2. The minimum Gasteiger partial charge on any atom is -0.497 e. The fraction of sp³-hybridized carbons (Fsp3) is 0.0741. The minimum absolute atomic E-state index is 0.0680. The molecule has 1 aromatic heterocycles. The summed E-state index contributed by atoms with van der Waals surface area (Å²) in [6.45, 7) is 0.456. The maximum atomic E-state index is 12.8. The molecule has 1 fully saturated rings. The number of rotatable bonds is 6. The van der Waals surface area contributed by atoms with Crippen molar-refractivity contribution in [2.45, 2.75) is 6.54 Å². The summed E-state index contributed by atoms with van der Waals surface area (Å²) in [7, 11) is 1.64. The van der Waals surface area contributed by atoms with Crippen LogP contribution in [0, 0.1) is 0 Å². The predicted octanol–water partition coefficient (Wildman–Crippen LogP) is 6.59. The quantitative estimate of drug-likeness (QED) is 0.229. The first-order chi connectivity index (χ1) is 16.6. The average Bonchev–Trinajstić information content (AvgIpc) is 3.42. The number of methoxy groups -OCH3 is 1. The lowest BCUT2D eigenvalue weighted by molar-refractivity contribution is 0.244. The first-order valence-electron chi connectivity index (χ1n) is 10.7. The number of para-hydroxylation sites is 1. The van der Waals surface area contributed by atoms with Crippen molar-refractivity contribution >= 4 is 40.3 Å². The summed E-state index contributed by atoms with van der Waals surface area (Å²) in [5.41, 5.74) is 4.62. The highest BCUT2D eigenvalue weighted by molar-refractivity contribution is 8.19. The van der Waals surface area contributed by atoms with Crippen LogP contribution in [0.25, 0.3) is 23.0 Å². The second-order valence-corrected chi connectivity index (χ2v) is 9.08. The summed E-state index contributed by atoms with van der Waals surface area (Å²) < 4.78 is 7.15. The van der Waals surface area contributed by atoms with Crippen LogP contribution in [0.1, 0.15) is 11.1 Å². The van der Waals surface area contributed by atoms with Gasteiger partial charge in [0.1, 0.15) is 10.7 Å². The van der Waals surface area contributed by atoms with Gasteiger partial charge in [0, 0.05) is 17.3 Å². The van der Waals surface area contributed by atoms with Crippen LogP contribution in [0.5, 0.6) is 5.75 Å². The molecule has 7 heteroatoms. The Bertz CT molecular complexity index is 1360. The van der Waals surface area contributed by atoms with Gasteiger partial charge in [0.05, 0.1) is 29.9 Å². The lowest BCUT2D eigenvalue weighted by Crippen LogP contribution is -2.26. The molecule has 5 rings (SSSR count). The predicted molar refractivity (Wildman–Crippen MR) is 141 cm³/mol. The van der Waals surface area contributed by atoms with E-state index in [1.54, 1.807) is 12.0 Å². The van der Waals surface area contributed by atoms with Gasteiger partial charge in [-0.25, -0.2) is 4.68 Å². The average molecular weight is 484 g/mol. The molecule has 0 N–H and O–H groups in total. The number of carbonyl (C=O) groups excluding carboxylic acids is 1. The topological polar surface area (TPSA) is 47.4 Å². The highest BCUT2D eigenvalue weighted by atomic mass is 32.2. The Morgan fingerprint density at radius 3 is 2.32 bits per heavy atom. The highest BCUT2D eigenvalue weighted by Gasteiger charge is 2.32. The summed E-state index contributed by atoms with van der Waals surface area (Å²) in [6, 6.07) is 27.6. The number of hydrogen-bond acceptors (Lipinski definition) is 5. The standard InChI is InChI=1S/C27H21N3O2S2/c1-32-23-14-12-20(13-15-23)25-21(18-30(28-25)22-10-6-3-7-11-22)16-24-26(33)29(27(31)34-24)17-19-8-4-2-5-9-19/h2-16,18H,17H2,1H3. The molecule has 34 heavy (non-hydrogen) atoms. The van der Waals surface area contributed by atoms with Gasteiger partial charge in [-0.15, -0.1) is 0 Å². The van der Waals surface area contributed by atoms with Crippen LogP contribution in [-0.2, 0) is 6.54 Å². The van der Waals surface area contributed by atoms with Gasteiger partial charge in [-0.3, -0.25) is 9.69 Å². The maximum Gasteiger partial charge on any atom is 0.291 e. The van der Waals surface area contributed by atoms with E-state index in [1.165, 1.54) is 0 Å². The molecule has 1 amide bonds. The summed E-state index contributed by atoms with van der Waals surface area (Å²) in [4.78, 5) is 15.7. The van der Waals surface area contributed by atoms with Crippen LogP contribution >= 0.6 is 24.0 Å². The number of carbonyl (C=O) groups is 1. The summed E-state index contributed by atoms with van der Waals surface area (Å²) in [5.74, 6) is 0.779. The van der Waals surface area contributed by atoms with Crippen molar-refractivity contribution < 1.29 is 9.53 Å². The number of ether oxygens (including phenoxy) is 1. The SMILES string of the molecule is COc1ccc(-c2nn(-c3ccccc3)cc2C=C2SC(=O)N(Cc3ccccc3)C2=S)cc1. The Kier molecular flexibility index (Phi) is 6.29. The van der Waals surface area contributed by atoms with E-state index in [2.05, 4.69) is 0 Å². The number of amides is 1. The van der Waals surface area contributed by atoms with E-state index in [4.69, 9.17) is 22.1 Å². The van der Waals surface area contributed by atoms with Gasteiger partial charge in [-0.05, 0) is 59.8 Å². The third kappa shape index (κ3) is 4.53. The smallest absolute Gasteiger partial charge is 0.291 e. The van der Waals surface area contributed by atoms with Crippen LogP contribution in [0.3, 0.4) is 0 Å². The van der Waals surface area contributed by atoms with Crippen LogP contribution in [0.4, 0.5) is 4.79 Å². The molecule has 0 radical (unpaired) electrons.